The Morgan fingerprint density at radius 2 is 2.11 bits per heavy atom. The van der Waals surface area contributed by atoms with Gasteiger partial charge in [0.2, 0.25) is 0 Å². The van der Waals surface area contributed by atoms with E-state index in [0.717, 1.165) is 11.6 Å². The molecule has 1 atom stereocenters. The number of hydrogen-bond donors (Lipinski definition) is 1. The van der Waals surface area contributed by atoms with Crippen molar-refractivity contribution in [3.05, 3.63) is 59.6 Å². The van der Waals surface area contributed by atoms with Gasteiger partial charge >= 0.3 is 0 Å². The fraction of sp³-hybridized carbons (Fsp3) is 0.286. The fourth-order valence-electron chi connectivity index (χ4n) is 2.10. The molecule has 0 fully saturated rings. The van der Waals surface area contributed by atoms with Gasteiger partial charge in [-0.1, -0.05) is 12.1 Å². The second-order valence-electron chi connectivity index (χ2n) is 4.44. The first-order valence-electron chi connectivity index (χ1n) is 5.98. The van der Waals surface area contributed by atoms with E-state index < -0.39 is 11.6 Å². The maximum absolute atomic E-state index is 13.8. The third kappa shape index (κ3) is 3.00. The van der Waals surface area contributed by atoms with Crippen molar-refractivity contribution in [1.29, 1.82) is 0 Å². The van der Waals surface area contributed by atoms with Crippen LogP contribution in [0, 0.1) is 11.6 Å². The molecular weight excluding hydrogens is 250 g/mol. The number of furan rings is 1. The lowest BCUT2D eigenvalue weighted by atomic mass is 10.0. The molecule has 0 aliphatic rings. The molecule has 1 aromatic carbocycles. The number of rotatable bonds is 5. The van der Waals surface area contributed by atoms with Crippen LogP contribution in [0.1, 0.15) is 17.2 Å². The molecule has 0 amide bonds. The Kier molecular flexibility index (Phi) is 4.29. The molecule has 1 unspecified atom stereocenters. The molecule has 0 radical (unpaired) electrons. The Morgan fingerprint density at radius 1 is 1.32 bits per heavy atom. The topological polar surface area (TPSA) is 42.4 Å². The summed E-state index contributed by atoms with van der Waals surface area (Å²) in [5, 5.41) is 0. The smallest absolute Gasteiger partial charge is 0.163 e. The van der Waals surface area contributed by atoms with Gasteiger partial charge in [-0.3, -0.25) is 4.90 Å². The van der Waals surface area contributed by atoms with Gasteiger partial charge in [0.05, 0.1) is 18.6 Å². The van der Waals surface area contributed by atoms with Crippen molar-refractivity contribution >= 4 is 0 Å². The summed E-state index contributed by atoms with van der Waals surface area (Å²) < 4.78 is 32.1. The predicted octanol–water partition coefficient (Wildman–Crippen LogP) is 2.69. The molecule has 0 aliphatic carbocycles. The van der Waals surface area contributed by atoms with E-state index in [4.69, 9.17) is 10.2 Å². The molecule has 2 aromatic rings. The van der Waals surface area contributed by atoms with Gasteiger partial charge in [-0.25, -0.2) is 8.78 Å². The molecule has 0 bridgehead atoms. The molecule has 102 valence electrons. The van der Waals surface area contributed by atoms with Crippen molar-refractivity contribution in [1.82, 2.24) is 4.90 Å². The lowest BCUT2D eigenvalue weighted by Crippen LogP contribution is -2.31. The van der Waals surface area contributed by atoms with Gasteiger partial charge in [-0.15, -0.1) is 0 Å². The summed E-state index contributed by atoms with van der Waals surface area (Å²) in [5.74, 6) is -1.69. The molecular formula is C14H16F2N2O. The Hall–Kier alpha value is -1.72. The average molecular weight is 266 g/mol. The van der Waals surface area contributed by atoms with Crippen molar-refractivity contribution in [2.24, 2.45) is 5.73 Å². The van der Waals surface area contributed by atoms with E-state index in [1.165, 1.54) is 6.07 Å². The predicted molar refractivity (Wildman–Crippen MR) is 68.3 cm³/mol. The molecule has 5 heteroatoms. The van der Waals surface area contributed by atoms with Crippen LogP contribution in [0.3, 0.4) is 0 Å². The minimum absolute atomic E-state index is 0.203. The Morgan fingerprint density at radius 3 is 2.74 bits per heavy atom. The van der Waals surface area contributed by atoms with Crippen LogP contribution in [0.25, 0.3) is 0 Å². The summed E-state index contributed by atoms with van der Waals surface area (Å²) in [5.41, 5.74) is 6.93. The van der Waals surface area contributed by atoms with E-state index in [1.807, 2.05) is 18.0 Å². The van der Waals surface area contributed by atoms with Crippen molar-refractivity contribution < 1.29 is 13.2 Å². The summed E-state index contributed by atoms with van der Waals surface area (Å²) >= 11 is 0. The molecule has 0 saturated carbocycles. The van der Waals surface area contributed by atoms with Gasteiger partial charge < -0.3 is 10.2 Å². The van der Waals surface area contributed by atoms with Crippen LogP contribution in [0.4, 0.5) is 8.78 Å². The zero-order valence-electron chi connectivity index (χ0n) is 10.6. The maximum Gasteiger partial charge on any atom is 0.163 e. The SMILES string of the molecule is CN(Cc1ccoc1)C(CN)c1cccc(F)c1F. The maximum atomic E-state index is 13.8. The molecule has 1 aromatic heterocycles. The van der Waals surface area contributed by atoms with Gasteiger partial charge in [0.1, 0.15) is 0 Å². The number of likely N-dealkylation sites (N-methyl/N-ethyl adjacent to an activating group) is 1. The van der Waals surface area contributed by atoms with E-state index in [1.54, 1.807) is 18.6 Å². The number of nitrogens with two attached hydrogens (primary N) is 1. The van der Waals surface area contributed by atoms with Crippen LogP contribution in [-0.4, -0.2) is 18.5 Å². The zero-order chi connectivity index (χ0) is 13.8. The highest BCUT2D eigenvalue weighted by molar-refractivity contribution is 5.23. The zero-order valence-corrected chi connectivity index (χ0v) is 10.6. The number of benzene rings is 1. The number of halogens is 2. The molecule has 0 aliphatic heterocycles. The third-order valence-corrected chi connectivity index (χ3v) is 3.11. The lowest BCUT2D eigenvalue weighted by Gasteiger charge is -2.27. The second kappa shape index (κ2) is 5.95. The lowest BCUT2D eigenvalue weighted by molar-refractivity contribution is 0.234. The first-order chi connectivity index (χ1) is 9.13. The summed E-state index contributed by atoms with van der Waals surface area (Å²) in [6.07, 6.45) is 3.19. The van der Waals surface area contributed by atoms with Crippen LogP contribution >= 0.6 is 0 Å². The van der Waals surface area contributed by atoms with Crippen LogP contribution in [0.15, 0.2) is 41.2 Å². The molecule has 3 nitrogen and oxygen atoms in total. The number of hydrogen-bond acceptors (Lipinski definition) is 3. The van der Waals surface area contributed by atoms with E-state index in [2.05, 4.69) is 0 Å². The first-order valence-corrected chi connectivity index (χ1v) is 5.98. The fourth-order valence-corrected chi connectivity index (χ4v) is 2.10. The minimum Gasteiger partial charge on any atom is -0.472 e. The van der Waals surface area contributed by atoms with E-state index in [9.17, 15) is 8.78 Å². The summed E-state index contributed by atoms with van der Waals surface area (Å²) in [4.78, 5) is 1.86. The quantitative estimate of drug-likeness (QED) is 0.904. The second-order valence-corrected chi connectivity index (χ2v) is 4.44. The number of nitrogens with zero attached hydrogens (tertiary/aromatic N) is 1. The molecule has 1 heterocycles. The average Bonchev–Trinajstić information content (AvgIpc) is 2.88. The van der Waals surface area contributed by atoms with Crippen molar-refractivity contribution in [2.45, 2.75) is 12.6 Å². The van der Waals surface area contributed by atoms with Crippen molar-refractivity contribution in [2.75, 3.05) is 13.6 Å². The Labute approximate surface area is 110 Å². The third-order valence-electron chi connectivity index (χ3n) is 3.11. The highest BCUT2D eigenvalue weighted by Crippen LogP contribution is 2.24. The van der Waals surface area contributed by atoms with Gasteiger partial charge in [-0.05, 0) is 19.2 Å². The molecule has 0 saturated heterocycles. The van der Waals surface area contributed by atoms with Crippen molar-refractivity contribution in [3.63, 3.8) is 0 Å². The Balaban J connectivity index is 2.21. The van der Waals surface area contributed by atoms with Crippen LogP contribution in [0.5, 0.6) is 0 Å². The molecule has 2 N–H and O–H groups in total. The van der Waals surface area contributed by atoms with Crippen LogP contribution in [-0.2, 0) is 6.54 Å². The van der Waals surface area contributed by atoms with E-state index in [-0.39, 0.29) is 18.2 Å². The molecule has 0 spiro atoms. The van der Waals surface area contributed by atoms with Gasteiger partial charge in [0, 0.05) is 24.2 Å². The van der Waals surface area contributed by atoms with E-state index >= 15 is 0 Å². The van der Waals surface area contributed by atoms with Crippen molar-refractivity contribution in [3.8, 4) is 0 Å². The Bertz CT molecular complexity index is 528. The largest absolute Gasteiger partial charge is 0.472 e. The van der Waals surface area contributed by atoms with Gasteiger partial charge in [-0.2, -0.15) is 0 Å². The van der Waals surface area contributed by atoms with E-state index in [0.29, 0.717) is 6.54 Å². The monoisotopic (exact) mass is 266 g/mol. The highest BCUT2D eigenvalue weighted by Gasteiger charge is 2.21. The molecule has 2 rings (SSSR count). The van der Waals surface area contributed by atoms with Gasteiger partial charge in [0.15, 0.2) is 11.6 Å². The summed E-state index contributed by atoms with van der Waals surface area (Å²) in [6.45, 7) is 0.753. The van der Waals surface area contributed by atoms with Gasteiger partial charge in [0.25, 0.3) is 0 Å². The highest BCUT2D eigenvalue weighted by atomic mass is 19.2. The first kappa shape index (κ1) is 13.7. The normalized spacial score (nSPS) is 12.9. The standard InChI is InChI=1S/C14H16F2N2O/c1-18(8-10-5-6-19-9-10)13(7-17)11-3-2-4-12(15)14(11)16/h2-6,9,13H,7-8,17H2,1H3. The minimum atomic E-state index is -0.854. The molecule has 19 heavy (non-hydrogen) atoms. The van der Waals surface area contributed by atoms with Crippen LogP contribution in [0.2, 0.25) is 0 Å². The van der Waals surface area contributed by atoms with Crippen LogP contribution < -0.4 is 5.73 Å². The summed E-state index contributed by atoms with van der Waals surface area (Å²) in [7, 11) is 1.81. The summed E-state index contributed by atoms with van der Waals surface area (Å²) in [6, 6.07) is 5.59.